The Morgan fingerprint density at radius 3 is 2.61 bits per heavy atom. The van der Waals surface area contributed by atoms with Crippen LogP contribution in [-0.2, 0) is 13.1 Å². The zero-order valence-corrected chi connectivity index (χ0v) is 9.61. The van der Waals surface area contributed by atoms with Crippen LogP contribution >= 0.6 is 0 Å². The molecule has 0 unspecified atom stereocenters. The summed E-state index contributed by atoms with van der Waals surface area (Å²) in [7, 11) is 0. The van der Waals surface area contributed by atoms with Crippen molar-refractivity contribution in [3.8, 4) is 0 Å². The molecule has 0 aliphatic heterocycles. The Bertz CT molecular complexity index is 531. The second kappa shape index (κ2) is 5.83. The topological polar surface area (TPSA) is 81.0 Å². The van der Waals surface area contributed by atoms with Crippen LogP contribution in [0.25, 0.3) is 0 Å². The van der Waals surface area contributed by atoms with Gasteiger partial charge >= 0.3 is 0 Å². The minimum absolute atomic E-state index is 0.109. The van der Waals surface area contributed by atoms with Crippen LogP contribution in [0.5, 0.6) is 0 Å². The van der Waals surface area contributed by atoms with Crippen LogP contribution in [0.2, 0.25) is 0 Å². The maximum absolute atomic E-state index is 10.6. The fraction of sp³-hybridized carbons (Fsp3) is 0.167. The molecule has 1 aromatic heterocycles. The molecule has 1 heterocycles. The van der Waals surface area contributed by atoms with Crippen LogP contribution in [-0.4, -0.2) is 14.9 Å². The summed E-state index contributed by atoms with van der Waals surface area (Å²) in [4.78, 5) is 18.0. The second-order valence-electron chi connectivity index (χ2n) is 3.78. The van der Waals surface area contributed by atoms with E-state index in [0.717, 1.165) is 11.1 Å². The summed E-state index contributed by atoms with van der Waals surface area (Å²) in [5.41, 5.74) is 1.96. The monoisotopic (exact) mass is 244 g/mol. The molecule has 6 heteroatoms. The highest BCUT2D eigenvalue weighted by molar-refractivity contribution is 5.34. The average Bonchev–Trinajstić information content (AvgIpc) is 2.40. The lowest BCUT2D eigenvalue weighted by molar-refractivity contribution is -0.384. The molecule has 0 radical (unpaired) electrons. The van der Waals surface area contributed by atoms with Gasteiger partial charge in [0.1, 0.15) is 6.33 Å². The van der Waals surface area contributed by atoms with Crippen molar-refractivity contribution in [1.82, 2.24) is 15.3 Å². The third kappa shape index (κ3) is 3.33. The van der Waals surface area contributed by atoms with Gasteiger partial charge in [0.05, 0.1) is 4.92 Å². The minimum Gasteiger partial charge on any atom is -0.308 e. The van der Waals surface area contributed by atoms with Gasteiger partial charge in [-0.3, -0.25) is 10.1 Å². The molecule has 0 amide bonds. The highest BCUT2D eigenvalue weighted by atomic mass is 16.6. The summed E-state index contributed by atoms with van der Waals surface area (Å²) in [6.45, 7) is 1.19. The van der Waals surface area contributed by atoms with Crippen molar-refractivity contribution in [1.29, 1.82) is 0 Å². The quantitative estimate of drug-likeness (QED) is 0.639. The molecule has 0 aliphatic rings. The van der Waals surface area contributed by atoms with E-state index in [0.29, 0.717) is 13.1 Å². The Hall–Kier alpha value is -2.34. The molecule has 1 N–H and O–H groups in total. The molecule has 18 heavy (non-hydrogen) atoms. The van der Waals surface area contributed by atoms with Crippen LogP contribution in [0.15, 0.2) is 43.0 Å². The summed E-state index contributed by atoms with van der Waals surface area (Å²) in [6.07, 6.45) is 4.94. The molecule has 0 fully saturated rings. The minimum atomic E-state index is -0.394. The van der Waals surface area contributed by atoms with E-state index in [9.17, 15) is 10.1 Å². The van der Waals surface area contributed by atoms with E-state index in [1.807, 2.05) is 6.07 Å². The molecule has 1 aromatic carbocycles. The number of benzene rings is 1. The number of rotatable bonds is 5. The largest absolute Gasteiger partial charge is 0.308 e. The Morgan fingerprint density at radius 1 is 1.17 bits per heavy atom. The molecule has 0 atom stereocenters. The van der Waals surface area contributed by atoms with Crippen molar-refractivity contribution in [3.63, 3.8) is 0 Å². The molecular weight excluding hydrogens is 232 g/mol. The van der Waals surface area contributed by atoms with E-state index in [2.05, 4.69) is 15.3 Å². The molecule has 6 nitrogen and oxygen atoms in total. The first-order chi connectivity index (χ1) is 8.75. The standard InChI is InChI=1S/C12H12N4O2/c17-16(18)12-3-1-2-10(4-12)5-13-6-11-7-14-9-15-8-11/h1-4,7-9,13H,5-6H2. The molecule has 92 valence electrons. The number of hydrogen-bond donors (Lipinski definition) is 1. The SMILES string of the molecule is O=[N+]([O-])c1cccc(CNCc2cncnc2)c1. The van der Waals surface area contributed by atoms with Crippen LogP contribution < -0.4 is 5.32 Å². The molecule has 0 saturated heterocycles. The van der Waals surface area contributed by atoms with Gasteiger partial charge in [-0.05, 0) is 5.56 Å². The lowest BCUT2D eigenvalue weighted by Crippen LogP contribution is -2.13. The summed E-state index contributed by atoms with van der Waals surface area (Å²) in [5, 5.41) is 13.8. The van der Waals surface area contributed by atoms with Gasteiger partial charge in [0, 0.05) is 43.2 Å². The normalized spacial score (nSPS) is 10.2. The van der Waals surface area contributed by atoms with Crippen LogP contribution in [0.3, 0.4) is 0 Å². The maximum Gasteiger partial charge on any atom is 0.269 e. The number of nitro benzene ring substituents is 1. The van der Waals surface area contributed by atoms with Crippen molar-refractivity contribution in [2.24, 2.45) is 0 Å². The third-order valence-electron chi connectivity index (χ3n) is 2.39. The summed E-state index contributed by atoms with van der Waals surface area (Å²) in [5.74, 6) is 0. The summed E-state index contributed by atoms with van der Waals surface area (Å²) in [6, 6.07) is 6.57. The van der Waals surface area contributed by atoms with Crippen molar-refractivity contribution < 1.29 is 4.92 Å². The van der Waals surface area contributed by atoms with Gasteiger partial charge in [-0.15, -0.1) is 0 Å². The Kier molecular flexibility index (Phi) is 3.93. The molecular formula is C12H12N4O2. The first kappa shape index (κ1) is 12.1. The number of nitrogens with zero attached hydrogens (tertiary/aromatic N) is 3. The molecule has 2 rings (SSSR count). The van der Waals surface area contributed by atoms with Gasteiger partial charge in [-0.1, -0.05) is 12.1 Å². The lowest BCUT2D eigenvalue weighted by atomic mass is 10.2. The smallest absolute Gasteiger partial charge is 0.269 e. The lowest BCUT2D eigenvalue weighted by Gasteiger charge is -2.04. The van der Waals surface area contributed by atoms with Crippen molar-refractivity contribution >= 4 is 5.69 Å². The molecule has 0 bridgehead atoms. The predicted octanol–water partition coefficient (Wildman–Crippen LogP) is 1.67. The Labute approximate surface area is 104 Å². The summed E-state index contributed by atoms with van der Waals surface area (Å²) < 4.78 is 0. The van der Waals surface area contributed by atoms with Gasteiger partial charge in [0.15, 0.2) is 0 Å². The van der Waals surface area contributed by atoms with Crippen molar-refractivity contribution in [2.75, 3.05) is 0 Å². The number of hydrogen-bond acceptors (Lipinski definition) is 5. The number of nitrogens with one attached hydrogen (secondary N) is 1. The maximum atomic E-state index is 10.6. The van der Waals surface area contributed by atoms with Crippen LogP contribution in [0.1, 0.15) is 11.1 Å². The number of nitro groups is 1. The molecule has 0 aliphatic carbocycles. The van der Waals surface area contributed by atoms with Gasteiger partial charge in [0.2, 0.25) is 0 Å². The predicted molar refractivity (Wildman–Crippen MR) is 65.7 cm³/mol. The average molecular weight is 244 g/mol. The van der Waals surface area contributed by atoms with Crippen molar-refractivity contribution in [3.05, 3.63) is 64.2 Å². The van der Waals surface area contributed by atoms with Gasteiger partial charge in [-0.2, -0.15) is 0 Å². The van der Waals surface area contributed by atoms with Gasteiger partial charge in [-0.25, -0.2) is 9.97 Å². The van der Waals surface area contributed by atoms with E-state index in [4.69, 9.17) is 0 Å². The molecule has 0 saturated carbocycles. The van der Waals surface area contributed by atoms with Crippen LogP contribution in [0.4, 0.5) is 5.69 Å². The van der Waals surface area contributed by atoms with E-state index >= 15 is 0 Å². The van der Waals surface area contributed by atoms with E-state index in [1.165, 1.54) is 12.4 Å². The zero-order chi connectivity index (χ0) is 12.8. The fourth-order valence-electron chi connectivity index (χ4n) is 1.55. The van der Waals surface area contributed by atoms with Gasteiger partial charge < -0.3 is 5.32 Å². The molecule has 2 aromatic rings. The van der Waals surface area contributed by atoms with E-state index in [-0.39, 0.29) is 5.69 Å². The highest BCUT2D eigenvalue weighted by Gasteiger charge is 2.04. The van der Waals surface area contributed by atoms with E-state index < -0.39 is 4.92 Å². The Balaban J connectivity index is 1.90. The first-order valence-corrected chi connectivity index (χ1v) is 5.43. The number of non-ortho nitro benzene ring substituents is 1. The Morgan fingerprint density at radius 2 is 1.89 bits per heavy atom. The fourth-order valence-corrected chi connectivity index (χ4v) is 1.55. The molecule has 0 spiro atoms. The zero-order valence-electron chi connectivity index (χ0n) is 9.61. The summed E-state index contributed by atoms with van der Waals surface area (Å²) >= 11 is 0. The first-order valence-electron chi connectivity index (χ1n) is 5.43. The van der Waals surface area contributed by atoms with Crippen LogP contribution in [0, 0.1) is 10.1 Å². The van der Waals surface area contributed by atoms with Crippen molar-refractivity contribution in [2.45, 2.75) is 13.1 Å². The highest BCUT2D eigenvalue weighted by Crippen LogP contribution is 2.12. The van der Waals surface area contributed by atoms with E-state index in [1.54, 1.807) is 24.5 Å². The number of aromatic nitrogens is 2. The van der Waals surface area contributed by atoms with Gasteiger partial charge in [0.25, 0.3) is 5.69 Å². The second-order valence-corrected chi connectivity index (χ2v) is 3.78. The third-order valence-corrected chi connectivity index (χ3v) is 2.39.